The van der Waals surface area contributed by atoms with Gasteiger partial charge in [0.25, 0.3) is 5.91 Å². The highest BCUT2D eigenvalue weighted by Gasteiger charge is 2.21. The Morgan fingerprint density at radius 1 is 1.16 bits per heavy atom. The number of nitrogens with one attached hydrogen (secondary N) is 3. The molecule has 6 nitrogen and oxygen atoms in total. The van der Waals surface area contributed by atoms with E-state index in [1.54, 1.807) is 0 Å². The largest absolute Gasteiger partial charge is 0.371 e. The molecule has 25 heavy (non-hydrogen) atoms. The van der Waals surface area contributed by atoms with Gasteiger partial charge in [0.2, 0.25) is 0 Å². The summed E-state index contributed by atoms with van der Waals surface area (Å²) in [5.41, 5.74) is 4.58. The maximum atomic E-state index is 12.7. The lowest BCUT2D eigenvalue weighted by Gasteiger charge is -2.23. The molecule has 2 aliphatic rings. The predicted octanol–water partition coefficient (Wildman–Crippen LogP) is 2.69. The minimum Gasteiger partial charge on any atom is -0.371 e. The number of aromatic amines is 1. The normalized spacial score (nSPS) is 17.7. The number of aromatic nitrogens is 2. The molecule has 0 spiro atoms. The van der Waals surface area contributed by atoms with Crippen LogP contribution in [0.3, 0.4) is 0 Å². The fourth-order valence-electron chi connectivity index (χ4n) is 3.71. The van der Waals surface area contributed by atoms with Crippen molar-refractivity contribution >= 4 is 17.3 Å². The van der Waals surface area contributed by atoms with Crippen molar-refractivity contribution in [2.45, 2.75) is 38.6 Å². The van der Waals surface area contributed by atoms with E-state index >= 15 is 0 Å². The molecule has 3 N–H and O–H groups in total. The molecule has 2 aliphatic heterocycles. The van der Waals surface area contributed by atoms with Gasteiger partial charge in [-0.1, -0.05) is 18.9 Å². The van der Waals surface area contributed by atoms with Crippen LogP contribution in [0.25, 0.3) is 0 Å². The van der Waals surface area contributed by atoms with Gasteiger partial charge in [-0.15, -0.1) is 0 Å². The zero-order chi connectivity index (χ0) is 17.1. The van der Waals surface area contributed by atoms with Crippen molar-refractivity contribution in [2.75, 3.05) is 29.9 Å². The number of fused-ring (bicyclic) bond motifs is 1. The molecule has 6 heteroatoms. The Balaban J connectivity index is 1.50. The minimum absolute atomic E-state index is 0.144. The SMILES string of the molecule is O=C(Nc1cccc(N2CCCCCC2)c1)c1n[nH]c2c1CNCC2. The first-order chi connectivity index (χ1) is 12.3. The average Bonchev–Trinajstić information content (AvgIpc) is 2.88. The van der Waals surface area contributed by atoms with Gasteiger partial charge in [-0.25, -0.2) is 0 Å². The number of benzene rings is 1. The highest BCUT2D eigenvalue weighted by molar-refractivity contribution is 6.04. The zero-order valence-electron chi connectivity index (χ0n) is 14.5. The molecule has 0 bridgehead atoms. The van der Waals surface area contributed by atoms with E-state index in [2.05, 4.69) is 37.9 Å². The summed E-state index contributed by atoms with van der Waals surface area (Å²) < 4.78 is 0. The molecule has 1 aromatic carbocycles. The number of hydrogen-bond donors (Lipinski definition) is 3. The molecule has 1 fully saturated rings. The first-order valence-electron chi connectivity index (χ1n) is 9.24. The van der Waals surface area contributed by atoms with E-state index in [1.807, 2.05) is 12.1 Å². The van der Waals surface area contributed by atoms with Crippen LogP contribution in [-0.4, -0.2) is 35.7 Å². The third-order valence-corrected chi connectivity index (χ3v) is 5.10. The van der Waals surface area contributed by atoms with E-state index in [-0.39, 0.29) is 5.91 Å². The van der Waals surface area contributed by atoms with Crippen LogP contribution < -0.4 is 15.5 Å². The molecule has 1 saturated heterocycles. The van der Waals surface area contributed by atoms with E-state index in [0.717, 1.165) is 43.0 Å². The highest BCUT2D eigenvalue weighted by atomic mass is 16.1. The molecule has 0 atom stereocenters. The quantitative estimate of drug-likeness (QED) is 0.804. The van der Waals surface area contributed by atoms with Gasteiger partial charge in [-0.3, -0.25) is 9.89 Å². The average molecular weight is 339 g/mol. The monoisotopic (exact) mass is 339 g/mol. The second-order valence-electron chi connectivity index (χ2n) is 6.86. The maximum Gasteiger partial charge on any atom is 0.276 e. The number of carbonyl (C=O) groups excluding carboxylic acids is 1. The van der Waals surface area contributed by atoms with E-state index in [0.29, 0.717) is 12.2 Å². The Morgan fingerprint density at radius 2 is 2.00 bits per heavy atom. The fraction of sp³-hybridized carbons (Fsp3) is 0.474. The van der Waals surface area contributed by atoms with Crippen LogP contribution >= 0.6 is 0 Å². The topological polar surface area (TPSA) is 73.0 Å². The molecule has 0 aliphatic carbocycles. The van der Waals surface area contributed by atoms with Crippen molar-refractivity contribution in [3.63, 3.8) is 0 Å². The van der Waals surface area contributed by atoms with Gasteiger partial charge < -0.3 is 15.5 Å². The fourth-order valence-corrected chi connectivity index (χ4v) is 3.71. The van der Waals surface area contributed by atoms with Crippen molar-refractivity contribution < 1.29 is 4.79 Å². The first kappa shape index (κ1) is 16.1. The van der Waals surface area contributed by atoms with Crippen molar-refractivity contribution in [1.82, 2.24) is 15.5 Å². The molecule has 3 heterocycles. The third-order valence-electron chi connectivity index (χ3n) is 5.10. The molecular formula is C19H25N5O. The van der Waals surface area contributed by atoms with Crippen molar-refractivity contribution in [3.8, 4) is 0 Å². The number of rotatable bonds is 3. The highest BCUT2D eigenvalue weighted by Crippen LogP contribution is 2.24. The molecule has 2 aromatic rings. The number of anilines is 2. The number of carbonyl (C=O) groups is 1. The van der Waals surface area contributed by atoms with Crippen molar-refractivity contribution in [2.24, 2.45) is 0 Å². The van der Waals surface area contributed by atoms with Crippen LogP contribution in [0.1, 0.15) is 47.4 Å². The molecule has 132 valence electrons. The lowest BCUT2D eigenvalue weighted by Crippen LogP contribution is -2.25. The van der Waals surface area contributed by atoms with Crippen LogP contribution in [0.15, 0.2) is 24.3 Å². The zero-order valence-corrected chi connectivity index (χ0v) is 14.5. The standard InChI is InChI=1S/C19H25N5O/c25-19(18-16-13-20-9-8-17(16)22-23-18)21-14-6-5-7-15(12-14)24-10-3-1-2-4-11-24/h5-7,12,20H,1-4,8-11,13H2,(H,21,25)(H,22,23). The third kappa shape index (κ3) is 3.54. The summed E-state index contributed by atoms with van der Waals surface area (Å²) in [6.07, 6.45) is 5.99. The van der Waals surface area contributed by atoms with E-state index < -0.39 is 0 Å². The van der Waals surface area contributed by atoms with Crippen LogP contribution in [0, 0.1) is 0 Å². The second kappa shape index (κ2) is 7.27. The molecule has 1 aromatic heterocycles. The van der Waals surface area contributed by atoms with Crippen LogP contribution in [0.2, 0.25) is 0 Å². The molecule has 0 unspecified atom stereocenters. The van der Waals surface area contributed by atoms with E-state index in [1.165, 1.54) is 31.4 Å². The number of nitrogens with zero attached hydrogens (tertiary/aromatic N) is 2. The van der Waals surface area contributed by atoms with Gasteiger partial charge in [0.05, 0.1) is 0 Å². The van der Waals surface area contributed by atoms with Gasteiger partial charge >= 0.3 is 0 Å². The molecule has 4 rings (SSSR count). The number of hydrogen-bond acceptors (Lipinski definition) is 4. The molecule has 1 amide bonds. The predicted molar refractivity (Wildman–Crippen MR) is 99.1 cm³/mol. The Bertz CT molecular complexity index is 746. The number of H-pyrrole nitrogens is 1. The van der Waals surface area contributed by atoms with Gasteiger partial charge in [0, 0.05) is 55.2 Å². The summed E-state index contributed by atoms with van der Waals surface area (Å²) in [6.45, 7) is 3.81. The van der Waals surface area contributed by atoms with Crippen LogP contribution in [0.5, 0.6) is 0 Å². The second-order valence-corrected chi connectivity index (χ2v) is 6.86. The summed E-state index contributed by atoms with van der Waals surface area (Å²) in [5, 5.41) is 13.5. The molecular weight excluding hydrogens is 314 g/mol. The lowest BCUT2D eigenvalue weighted by molar-refractivity contribution is 0.102. The van der Waals surface area contributed by atoms with Gasteiger partial charge in [-0.05, 0) is 31.0 Å². The van der Waals surface area contributed by atoms with E-state index in [9.17, 15) is 4.79 Å². The van der Waals surface area contributed by atoms with Crippen molar-refractivity contribution in [3.05, 3.63) is 41.2 Å². The number of amides is 1. The smallest absolute Gasteiger partial charge is 0.276 e. The Labute approximate surface area is 148 Å². The van der Waals surface area contributed by atoms with Gasteiger partial charge in [0.15, 0.2) is 5.69 Å². The molecule has 0 radical (unpaired) electrons. The summed E-state index contributed by atoms with van der Waals surface area (Å²) in [4.78, 5) is 15.1. The summed E-state index contributed by atoms with van der Waals surface area (Å²) in [5.74, 6) is -0.144. The first-order valence-corrected chi connectivity index (χ1v) is 9.24. The van der Waals surface area contributed by atoms with Crippen LogP contribution in [0.4, 0.5) is 11.4 Å². The Morgan fingerprint density at radius 3 is 2.84 bits per heavy atom. The van der Waals surface area contributed by atoms with Crippen molar-refractivity contribution in [1.29, 1.82) is 0 Å². The van der Waals surface area contributed by atoms with Gasteiger partial charge in [-0.2, -0.15) is 5.10 Å². The maximum absolute atomic E-state index is 12.7. The minimum atomic E-state index is -0.144. The molecule has 0 saturated carbocycles. The van der Waals surface area contributed by atoms with E-state index in [4.69, 9.17) is 0 Å². The lowest BCUT2D eigenvalue weighted by atomic mass is 10.1. The summed E-state index contributed by atoms with van der Waals surface area (Å²) in [6, 6.07) is 8.15. The Kier molecular flexibility index (Phi) is 4.70. The summed E-state index contributed by atoms with van der Waals surface area (Å²) in [7, 11) is 0. The summed E-state index contributed by atoms with van der Waals surface area (Å²) >= 11 is 0. The van der Waals surface area contributed by atoms with Gasteiger partial charge in [0.1, 0.15) is 0 Å². The Hall–Kier alpha value is -2.34. The van der Waals surface area contributed by atoms with Crippen LogP contribution in [-0.2, 0) is 13.0 Å².